The molecule has 0 aliphatic heterocycles. The van der Waals surface area contributed by atoms with Gasteiger partial charge in [0.25, 0.3) is 0 Å². The van der Waals surface area contributed by atoms with Crippen molar-refractivity contribution in [3.63, 3.8) is 0 Å². The molecule has 5 rings (SSSR count). The number of furan rings is 1. The molecule has 4 heterocycles. The Labute approximate surface area is 168 Å². The number of hydrogen-bond acceptors (Lipinski definition) is 6. The Kier molecular flexibility index (Phi) is 4.73. The van der Waals surface area contributed by atoms with Crippen LogP contribution in [0.1, 0.15) is 25.7 Å². The molecule has 0 bridgehead atoms. The number of fused-ring (bicyclic) bond motifs is 1. The number of nitrogens with one attached hydrogen (secondary N) is 1. The summed E-state index contributed by atoms with van der Waals surface area (Å²) < 4.78 is 7.15. The van der Waals surface area contributed by atoms with Crippen molar-refractivity contribution in [1.29, 1.82) is 0 Å². The first-order valence-corrected chi connectivity index (χ1v) is 10.0. The van der Waals surface area contributed by atoms with E-state index in [1.165, 1.54) is 12.8 Å². The van der Waals surface area contributed by atoms with Crippen LogP contribution in [0.4, 0.5) is 5.82 Å². The molecule has 1 fully saturated rings. The second-order valence-electron chi connectivity index (χ2n) is 7.54. The third-order valence-electron chi connectivity index (χ3n) is 5.71. The molecule has 0 unspecified atom stereocenters. The molecular formula is C22H23N5O2. The molecule has 0 spiro atoms. The van der Waals surface area contributed by atoms with Gasteiger partial charge in [0.2, 0.25) is 0 Å². The maximum absolute atomic E-state index is 9.69. The van der Waals surface area contributed by atoms with Crippen LogP contribution in [0.5, 0.6) is 0 Å². The number of rotatable bonds is 5. The Morgan fingerprint density at radius 2 is 2.07 bits per heavy atom. The van der Waals surface area contributed by atoms with E-state index in [9.17, 15) is 5.11 Å². The summed E-state index contributed by atoms with van der Waals surface area (Å²) in [5.41, 5.74) is 4.32. The number of aliphatic hydroxyl groups excluding tert-OH is 1. The molecule has 1 saturated carbocycles. The van der Waals surface area contributed by atoms with Gasteiger partial charge >= 0.3 is 0 Å². The van der Waals surface area contributed by atoms with E-state index in [4.69, 9.17) is 9.40 Å². The normalized spacial score (nSPS) is 19.5. The Balaban J connectivity index is 1.48. The maximum atomic E-state index is 9.69. The summed E-state index contributed by atoms with van der Waals surface area (Å²) in [7, 11) is 0. The number of nitrogens with zero attached hydrogens (tertiary/aromatic N) is 4. The van der Waals surface area contributed by atoms with Gasteiger partial charge in [-0.1, -0.05) is 12.8 Å². The summed E-state index contributed by atoms with van der Waals surface area (Å²) in [4.78, 5) is 13.8. The van der Waals surface area contributed by atoms with E-state index in [0.29, 0.717) is 0 Å². The molecule has 2 atom stereocenters. The van der Waals surface area contributed by atoms with E-state index < -0.39 is 0 Å². The predicted molar refractivity (Wildman–Crippen MR) is 111 cm³/mol. The van der Waals surface area contributed by atoms with Gasteiger partial charge in [0.05, 0.1) is 23.9 Å². The maximum Gasteiger partial charge on any atom is 0.166 e. The molecule has 2 N–H and O–H groups in total. The van der Waals surface area contributed by atoms with Crippen LogP contribution in [0.25, 0.3) is 28.1 Å². The molecule has 7 nitrogen and oxygen atoms in total. The zero-order chi connectivity index (χ0) is 19.6. The van der Waals surface area contributed by atoms with E-state index >= 15 is 0 Å². The standard InChI is InChI=1S/C22H23N5O2/c28-12-15-3-1-2-4-18(15)25-21-6-5-19-22(26-21)27(14-24-19)17-7-9-23-20(11-17)16-8-10-29-13-16/h5-11,13-15,18,28H,1-4,12H2,(H,25,26)/t15-,18-/m0/s1. The van der Waals surface area contributed by atoms with Crippen LogP contribution in [-0.2, 0) is 0 Å². The summed E-state index contributed by atoms with van der Waals surface area (Å²) in [5.74, 6) is 1.09. The highest BCUT2D eigenvalue weighted by atomic mass is 16.3. The van der Waals surface area contributed by atoms with E-state index in [2.05, 4.69) is 15.3 Å². The van der Waals surface area contributed by atoms with E-state index in [1.807, 2.05) is 34.9 Å². The highest BCUT2D eigenvalue weighted by molar-refractivity contribution is 5.75. The lowest BCUT2D eigenvalue weighted by atomic mass is 9.85. The van der Waals surface area contributed by atoms with Gasteiger partial charge in [-0.15, -0.1) is 0 Å². The minimum Gasteiger partial charge on any atom is -0.472 e. The molecule has 148 valence electrons. The molecular weight excluding hydrogens is 366 g/mol. The van der Waals surface area contributed by atoms with E-state index in [1.54, 1.807) is 25.1 Å². The van der Waals surface area contributed by atoms with Crippen molar-refractivity contribution in [2.24, 2.45) is 5.92 Å². The molecule has 29 heavy (non-hydrogen) atoms. The van der Waals surface area contributed by atoms with Gasteiger partial charge < -0.3 is 14.8 Å². The molecule has 0 amide bonds. The summed E-state index contributed by atoms with van der Waals surface area (Å²) >= 11 is 0. The van der Waals surface area contributed by atoms with Crippen molar-refractivity contribution in [3.8, 4) is 16.9 Å². The van der Waals surface area contributed by atoms with Crippen LogP contribution < -0.4 is 5.32 Å². The molecule has 0 saturated heterocycles. The number of anilines is 1. The molecule has 0 aromatic carbocycles. The summed E-state index contributed by atoms with van der Waals surface area (Å²) in [5, 5.41) is 13.2. The number of hydrogen-bond donors (Lipinski definition) is 2. The Morgan fingerprint density at radius 1 is 1.14 bits per heavy atom. The van der Waals surface area contributed by atoms with Crippen LogP contribution in [-0.4, -0.2) is 37.3 Å². The van der Waals surface area contributed by atoms with Gasteiger partial charge in [-0.05, 0) is 43.2 Å². The smallest absolute Gasteiger partial charge is 0.166 e. The lowest BCUT2D eigenvalue weighted by Crippen LogP contribution is -2.34. The summed E-state index contributed by atoms with van der Waals surface area (Å²) in [6, 6.07) is 10.0. The molecule has 4 aromatic rings. The van der Waals surface area contributed by atoms with Crippen molar-refractivity contribution in [2.45, 2.75) is 31.7 Å². The largest absolute Gasteiger partial charge is 0.472 e. The van der Waals surface area contributed by atoms with Crippen molar-refractivity contribution >= 4 is 17.0 Å². The Bertz CT molecular complexity index is 1110. The van der Waals surface area contributed by atoms with Crippen LogP contribution in [0.3, 0.4) is 0 Å². The fraction of sp³-hybridized carbons (Fsp3) is 0.318. The lowest BCUT2D eigenvalue weighted by molar-refractivity contribution is 0.178. The van der Waals surface area contributed by atoms with Crippen LogP contribution in [0.15, 0.2) is 59.8 Å². The van der Waals surface area contributed by atoms with Crippen LogP contribution in [0, 0.1) is 5.92 Å². The number of aliphatic hydroxyl groups is 1. The van der Waals surface area contributed by atoms with Gasteiger partial charge in [0.15, 0.2) is 5.65 Å². The van der Waals surface area contributed by atoms with Crippen LogP contribution in [0.2, 0.25) is 0 Å². The predicted octanol–water partition coefficient (Wildman–Crippen LogP) is 4.04. The average molecular weight is 389 g/mol. The van der Waals surface area contributed by atoms with Crippen molar-refractivity contribution < 1.29 is 9.52 Å². The monoisotopic (exact) mass is 389 g/mol. The minimum absolute atomic E-state index is 0.214. The summed E-state index contributed by atoms with van der Waals surface area (Å²) in [6.07, 6.45) is 11.4. The van der Waals surface area contributed by atoms with Gasteiger partial charge in [-0.3, -0.25) is 9.55 Å². The second kappa shape index (κ2) is 7.67. The molecule has 4 aromatic heterocycles. The minimum atomic E-state index is 0.214. The van der Waals surface area contributed by atoms with Crippen molar-refractivity contribution in [3.05, 3.63) is 55.4 Å². The van der Waals surface area contributed by atoms with E-state index in [-0.39, 0.29) is 18.6 Å². The van der Waals surface area contributed by atoms with Gasteiger partial charge in [-0.2, -0.15) is 0 Å². The topological polar surface area (TPSA) is 89.0 Å². The fourth-order valence-corrected chi connectivity index (χ4v) is 4.11. The highest BCUT2D eigenvalue weighted by Gasteiger charge is 2.24. The highest BCUT2D eigenvalue weighted by Crippen LogP contribution is 2.28. The first kappa shape index (κ1) is 17.9. The average Bonchev–Trinajstić information content (AvgIpc) is 3.44. The summed E-state index contributed by atoms with van der Waals surface area (Å²) in [6.45, 7) is 0.214. The third kappa shape index (κ3) is 3.49. The fourth-order valence-electron chi connectivity index (χ4n) is 4.11. The van der Waals surface area contributed by atoms with Crippen molar-refractivity contribution in [1.82, 2.24) is 19.5 Å². The molecule has 1 aliphatic carbocycles. The quantitative estimate of drug-likeness (QED) is 0.535. The van der Waals surface area contributed by atoms with Crippen LogP contribution >= 0.6 is 0 Å². The number of pyridine rings is 2. The second-order valence-corrected chi connectivity index (χ2v) is 7.54. The number of imidazole rings is 1. The van der Waals surface area contributed by atoms with Crippen molar-refractivity contribution in [2.75, 3.05) is 11.9 Å². The Hall–Kier alpha value is -3.19. The zero-order valence-corrected chi connectivity index (χ0v) is 16.0. The van der Waals surface area contributed by atoms with Gasteiger partial charge in [0, 0.05) is 30.3 Å². The first-order chi connectivity index (χ1) is 14.3. The number of aromatic nitrogens is 4. The SMILES string of the molecule is OC[C@@H]1CCCC[C@@H]1Nc1ccc2ncn(-c3ccnc(-c4ccoc4)c3)c2n1. The molecule has 0 radical (unpaired) electrons. The Morgan fingerprint density at radius 3 is 2.93 bits per heavy atom. The molecule has 1 aliphatic rings. The van der Waals surface area contributed by atoms with Gasteiger partial charge in [0.1, 0.15) is 17.7 Å². The van der Waals surface area contributed by atoms with Gasteiger partial charge in [-0.25, -0.2) is 9.97 Å². The lowest BCUT2D eigenvalue weighted by Gasteiger charge is -2.31. The first-order valence-electron chi connectivity index (χ1n) is 10.0. The zero-order valence-electron chi connectivity index (χ0n) is 16.0. The third-order valence-corrected chi connectivity index (χ3v) is 5.71. The molecule has 7 heteroatoms. The van der Waals surface area contributed by atoms with E-state index in [0.717, 1.165) is 46.8 Å².